The first-order chi connectivity index (χ1) is 15.1. The van der Waals surface area contributed by atoms with Gasteiger partial charge in [-0.15, -0.1) is 0 Å². The van der Waals surface area contributed by atoms with Crippen molar-refractivity contribution in [1.82, 2.24) is 4.31 Å². The molecule has 1 N–H and O–H groups in total. The molecular formula is C20H20ClF3N2O5S. The molecule has 0 spiro atoms. The van der Waals surface area contributed by atoms with Gasteiger partial charge in [0, 0.05) is 30.8 Å². The summed E-state index contributed by atoms with van der Waals surface area (Å²) in [6.07, 6.45) is 0.493. The van der Waals surface area contributed by atoms with Crippen LogP contribution in [0.4, 0.5) is 18.9 Å². The Morgan fingerprint density at radius 1 is 1.16 bits per heavy atom. The largest absolute Gasteiger partial charge is 0.493 e. The molecule has 0 bridgehead atoms. The molecular weight excluding hydrogens is 473 g/mol. The maximum absolute atomic E-state index is 13.3. The molecule has 0 radical (unpaired) electrons. The van der Waals surface area contributed by atoms with Gasteiger partial charge in [0.2, 0.25) is 15.9 Å². The first-order valence-corrected chi connectivity index (χ1v) is 11.3. The molecule has 12 heteroatoms. The fourth-order valence-corrected chi connectivity index (χ4v) is 5.07. The number of methoxy groups -OCH3 is 1. The predicted molar refractivity (Wildman–Crippen MR) is 111 cm³/mol. The van der Waals surface area contributed by atoms with Crippen molar-refractivity contribution in [3.63, 3.8) is 0 Å². The molecule has 1 aliphatic heterocycles. The maximum atomic E-state index is 13.3. The van der Waals surface area contributed by atoms with E-state index >= 15 is 0 Å². The van der Waals surface area contributed by atoms with Crippen LogP contribution in [0.15, 0.2) is 41.3 Å². The zero-order valence-electron chi connectivity index (χ0n) is 16.9. The average molecular weight is 493 g/mol. The number of hydrogen-bond donors (Lipinski definition) is 1. The Kier molecular flexibility index (Phi) is 7.52. The molecule has 1 amide bonds. The summed E-state index contributed by atoms with van der Waals surface area (Å²) >= 11 is 5.69. The van der Waals surface area contributed by atoms with Gasteiger partial charge in [0.1, 0.15) is 5.82 Å². The van der Waals surface area contributed by atoms with E-state index in [9.17, 15) is 26.4 Å². The van der Waals surface area contributed by atoms with Gasteiger partial charge in [-0.05, 0) is 43.2 Å². The van der Waals surface area contributed by atoms with Crippen LogP contribution >= 0.6 is 11.6 Å². The van der Waals surface area contributed by atoms with Gasteiger partial charge in [-0.2, -0.15) is 13.1 Å². The smallest absolute Gasteiger partial charge is 0.387 e. The molecule has 1 fully saturated rings. The lowest BCUT2D eigenvalue weighted by molar-refractivity contribution is -0.120. The Bertz CT molecular complexity index is 1090. The standard InChI is InChI=1S/C20H20ClF3N2O5S/c1-30-17-5-2-13(10-18(17)31-20(23)24)25-19(27)12-6-8-26(9-7-12)32(28,29)14-3-4-16(22)15(21)11-14/h2-5,10-12,20H,6-9H2,1H3,(H,25,27). The maximum Gasteiger partial charge on any atom is 0.387 e. The van der Waals surface area contributed by atoms with Gasteiger partial charge in [0.15, 0.2) is 11.5 Å². The normalized spacial score (nSPS) is 15.6. The predicted octanol–water partition coefficient (Wildman–Crippen LogP) is 4.13. The molecule has 32 heavy (non-hydrogen) atoms. The molecule has 0 saturated carbocycles. The van der Waals surface area contributed by atoms with Crippen LogP contribution in [0.2, 0.25) is 5.02 Å². The number of carbonyl (C=O) groups excluding carboxylic acids is 1. The lowest BCUT2D eigenvalue weighted by Crippen LogP contribution is -2.41. The van der Waals surface area contributed by atoms with Crippen molar-refractivity contribution in [2.24, 2.45) is 5.92 Å². The van der Waals surface area contributed by atoms with Gasteiger partial charge in [-0.1, -0.05) is 11.6 Å². The Morgan fingerprint density at radius 2 is 1.84 bits per heavy atom. The first kappa shape index (κ1) is 24.1. The zero-order chi connectivity index (χ0) is 23.5. The number of hydrogen-bond acceptors (Lipinski definition) is 5. The lowest BCUT2D eigenvalue weighted by atomic mass is 9.97. The van der Waals surface area contributed by atoms with Crippen LogP contribution in [0.25, 0.3) is 0 Å². The Morgan fingerprint density at radius 3 is 2.44 bits per heavy atom. The van der Waals surface area contributed by atoms with Crippen LogP contribution < -0.4 is 14.8 Å². The van der Waals surface area contributed by atoms with E-state index in [1.807, 2.05) is 0 Å². The number of nitrogens with zero attached hydrogens (tertiary/aromatic N) is 1. The van der Waals surface area contributed by atoms with Gasteiger partial charge in [-0.3, -0.25) is 4.79 Å². The number of amides is 1. The zero-order valence-corrected chi connectivity index (χ0v) is 18.4. The number of piperidine rings is 1. The third kappa shape index (κ3) is 5.45. The van der Waals surface area contributed by atoms with E-state index in [1.54, 1.807) is 0 Å². The minimum Gasteiger partial charge on any atom is -0.493 e. The van der Waals surface area contributed by atoms with E-state index in [-0.39, 0.29) is 58.9 Å². The quantitative estimate of drug-likeness (QED) is 0.628. The van der Waals surface area contributed by atoms with Gasteiger partial charge in [0.05, 0.1) is 17.0 Å². The second-order valence-corrected chi connectivity index (χ2v) is 9.33. The molecule has 1 heterocycles. The molecule has 2 aromatic carbocycles. The van der Waals surface area contributed by atoms with E-state index < -0.39 is 28.4 Å². The molecule has 2 aromatic rings. The summed E-state index contributed by atoms with van der Waals surface area (Å²) in [6.45, 7) is -2.90. The number of ether oxygens (including phenoxy) is 2. The summed E-state index contributed by atoms with van der Waals surface area (Å²) in [5, 5.41) is 2.33. The van der Waals surface area contributed by atoms with Crippen LogP contribution in [0.1, 0.15) is 12.8 Å². The average Bonchev–Trinajstić information content (AvgIpc) is 2.75. The Hall–Kier alpha value is -2.50. The number of alkyl halides is 2. The lowest BCUT2D eigenvalue weighted by Gasteiger charge is -2.30. The van der Waals surface area contributed by atoms with Gasteiger partial charge in [0.25, 0.3) is 0 Å². The molecule has 1 aliphatic rings. The number of carbonyl (C=O) groups is 1. The topological polar surface area (TPSA) is 84.9 Å². The number of benzene rings is 2. The molecule has 0 atom stereocenters. The second-order valence-electron chi connectivity index (χ2n) is 6.99. The van der Waals surface area contributed by atoms with E-state index in [4.69, 9.17) is 16.3 Å². The van der Waals surface area contributed by atoms with E-state index in [1.165, 1.54) is 29.6 Å². The highest BCUT2D eigenvalue weighted by Crippen LogP contribution is 2.32. The van der Waals surface area contributed by atoms with Gasteiger partial charge in [-0.25, -0.2) is 12.8 Å². The van der Waals surface area contributed by atoms with Gasteiger partial charge >= 0.3 is 6.61 Å². The van der Waals surface area contributed by atoms with Crippen molar-refractivity contribution < 1.29 is 35.9 Å². The highest BCUT2D eigenvalue weighted by atomic mass is 35.5. The summed E-state index contributed by atoms with van der Waals surface area (Å²) in [4.78, 5) is 12.5. The molecule has 0 aromatic heterocycles. The van der Waals surface area contributed by atoms with E-state index in [0.717, 1.165) is 18.2 Å². The van der Waals surface area contributed by atoms with Crippen LogP contribution in [0.5, 0.6) is 11.5 Å². The van der Waals surface area contributed by atoms with Crippen molar-refractivity contribution in [2.45, 2.75) is 24.3 Å². The van der Waals surface area contributed by atoms with Crippen LogP contribution in [0, 0.1) is 11.7 Å². The Balaban J connectivity index is 1.64. The summed E-state index contributed by atoms with van der Waals surface area (Å²) < 4.78 is 74.6. The van der Waals surface area contributed by atoms with Gasteiger partial charge < -0.3 is 14.8 Å². The SMILES string of the molecule is COc1ccc(NC(=O)C2CCN(S(=O)(=O)c3ccc(F)c(Cl)c3)CC2)cc1OC(F)F. The third-order valence-electron chi connectivity index (χ3n) is 5.00. The number of sulfonamides is 1. The number of anilines is 1. The fourth-order valence-electron chi connectivity index (χ4n) is 3.33. The molecule has 0 aliphatic carbocycles. The van der Waals surface area contributed by atoms with Crippen LogP contribution in [0.3, 0.4) is 0 Å². The number of halogens is 4. The van der Waals surface area contributed by atoms with Crippen LogP contribution in [-0.2, 0) is 14.8 Å². The summed E-state index contributed by atoms with van der Waals surface area (Å²) in [5.41, 5.74) is 0.238. The second kappa shape index (κ2) is 9.97. The number of rotatable bonds is 7. The molecule has 7 nitrogen and oxygen atoms in total. The van der Waals surface area contributed by atoms with Crippen molar-refractivity contribution >= 4 is 33.2 Å². The van der Waals surface area contributed by atoms with Crippen molar-refractivity contribution in [2.75, 3.05) is 25.5 Å². The minimum atomic E-state index is -3.89. The first-order valence-electron chi connectivity index (χ1n) is 9.50. The van der Waals surface area contributed by atoms with Crippen molar-refractivity contribution in [3.05, 3.63) is 47.2 Å². The summed E-state index contributed by atoms with van der Waals surface area (Å²) in [6, 6.07) is 7.26. The summed E-state index contributed by atoms with van der Waals surface area (Å²) in [7, 11) is -2.59. The monoisotopic (exact) mass is 492 g/mol. The van der Waals surface area contributed by atoms with Crippen molar-refractivity contribution in [1.29, 1.82) is 0 Å². The highest BCUT2D eigenvalue weighted by Gasteiger charge is 2.32. The molecule has 174 valence electrons. The van der Waals surface area contributed by atoms with E-state index in [0.29, 0.717) is 0 Å². The Labute approximate surface area is 188 Å². The van der Waals surface area contributed by atoms with Crippen LogP contribution in [-0.4, -0.2) is 45.4 Å². The molecule has 0 unspecified atom stereocenters. The number of nitrogens with one attached hydrogen (secondary N) is 1. The molecule has 1 saturated heterocycles. The fraction of sp³-hybridized carbons (Fsp3) is 0.350. The van der Waals surface area contributed by atoms with Crippen molar-refractivity contribution in [3.8, 4) is 11.5 Å². The highest BCUT2D eigenvalue weighted by molar-refractivity contribution is 7.89. The summed E-state index contributed by atoms with van der Waals surface area (Å²) in [5.74, 6) is -1.72. The molecule has 3 rings (SSSR count). The van der Waals surface area contributed by atoms with E-state index in [2.05, 4.69) is 10.1 Å². The third-order valence-corrected chi connectivity index (χ3v) is 7.19. The minimum absolute atomic E-state index is 0.0811.